The van der Waals surface area contributed by atoms with Crippen molar-refractivity contribution < 1.29 is 4.79 Å². The summed E-state index contributed by atoms with van der Waals surface area (Å²) in [5.74, 6) is 2.28. The number of benzene rings is 1. The van der Waals surface area contributed by atoms with E-state index in [1.54, 1.807) is 6.20 Å². The number of amides is 1. The highest BCUT2D eigenvalue weighted by Crippen LogP contribution is 2.44. The molecule has 0 radical (unpaired) electrons. The second kappa shape index (κ2) is 8.46. The molecule has 0 saturated carbocycles. The lowest BCUT2D eigenvalue weighted by atomic mass is 10.2. The largest absolute Gasteiger partial charge is 0.321 e. The summed E-state index contributed by atoms with van der Waals surface area (Å²) in [4.78, 5) is 22.3. The molecule has 27 heavy (non-hydrogen) atoms. The minimum absolute atomic E-state index is 0.117. The van der Waals surface area contributed by atoms with E-state index >= 15 is 0 Å². The first-order chi connectivity index (χ1) is 13.2. The molecule has 0 bridgehead atoms. The van der Waals surface area contributed by atoms with Gasteiger partial charge in [0.1, 0.15) is 9.88 Å². The van der Waals surface area contributed by atoms with Gasteiger partial charge in [-0.3, -0.25) is 9.78 Å². The Morgan fingerprint density at radius 2 is 2.00 bits per heavy atom. The Hall–Kier alpha value is -1.83. The standard InChI is InChI=1S/C20H19N3OS3/c1-13-17(27-19(22-13)16-8-2-3-9-21-16)18(24)23-15-7-4-6-14(12-15)20-25-10-5-11-26-20/h2-4,6-9,12,20H,5,10-11H2,1H3,(H,23,24). The summed E-state index contributed by atoms with van der Waals surface area (Å²) in [5.41, 5.74) is 3.61. The van der Waals surface area contributed by atoms with Gasteiger partial charge in [0.05, 0.1) is 16.0 Å². The highest BCUT2D eigenvalue weighted by molar-refractivity contribution is 8.16. The number of thiazole rings is 1. The van der Waals surface area contributed by atoms with Crippen molar-refractivity contribution in [1.29, 1.82) is 0 Å². The molecule has 1 N–H and O–H groups in total. The van der Waals surface area contributed by atoms with Gasteiger partial charge in [0.15, 0.2) is 0 Å². The third-order valence-corrected chi connectivity index (χ3v) is 8.32. The van der Waals surface area contributed by atoms with Crippen LogP contribution in [0, 0.1) is 6.92 Å². The third kappa shape index (κ3) is 4.36. The zero-order chi connectivity index (χ0) is 18.6. The molecule has 2 aromatic heterocycles. The highest BCUT2D eigenvalue weighted by Gasteiger charge is 2.19. The van der Waals surface area contributed by atoms with Crippen LogP contribution < -0.4 is 5.32 Å². The topological polar surface area (TPSA) is 54.9 Å². The number of anilines is 1. The van der Waals surface area contributed by atoms with Crippen LogP contribution >= 0.6 is 34.9 Å². The van der Waals surface area contributed by atoms with Crippen molar-refractivity contribution in [2.75, 3.05) is 16.8 Å². The monoisotopic (exact) mass is 413 g/mol. The van der Waals surface area contributed by atoms with Crippen LogP contribution in [0.25, 0.3) is 10.7 Å². The Balaban J connectivity index is 1.52. The zero-order valence-corrected chi connectivity index (χ0v) is 17.3. The van der Waals surface area contributed by atoms with Crippen molar-refractivity contribution in [3.63, 3.8) is 0 Å². The minimum atomic E-state index is -0.117. The summed E-state index contributed by atoms with van der Waals surface area (Å²) < 4.78 is 0.455. The van der Waals surface area contributed by atoms with Crippen LogP contribution in [0.2, 0.25) is 0 Å². The molecule has 138 valence electrons. The summed E-state index contributed by atoms with van der Waals surface area (Å²) in [5, 5.41) is 3.80. The fourth-order valence-corrected chi connectivity index (χ4v) is 6.65. The van der Waals surface area contributed by atoms with Crippen molar-refractivity contribution in [2.24, 2.45) is 0 Å². The average Bonchev–Trinajstić information content (AvgIpc) is 3.11. The maximum atomic E-state index is 12.8. The lowest BCUT2D eigenvalue weighted by molar-refractivity contribution is 0.103. The summed E-state index contributed by atoms with van der Waals surface area (Å²) in [7, 11) is 0. The van der Waals surface area contributed by atoms with Crippen molar-refractivity contribution in [3.05, 3.63) is 64.8 Å². The number of hydrogen-bond donors (Lipinski definition) is 1. The second-order valence-electron chi connectivity index (χ2n) is 6.16. The van der Waals surface area contributed by atoms with Crippen LogP contribution in [0.3, 0.4) is 0 Å². The number of pyridine rings is 1. The SMILES string of the molecule is Cc1nc(-c2ccccn2)sc1C(=O)Nc1cccc(C2SCCCS2)c1. The Kier molecular flexibility index (Phi) is 5.80. The Labute approximate surface area is 171 Å². The van der Waals surface area contributed by atoms with E-state index in [4.69, 9.17) is 0 Å². The van der Waals surface area contributed by atoms with E-state index in [1.807, 2.05) is 60.8 Å². The number of aromatic nitrogens is 2. The zero-order valence-electron chi connectivity index (χ0n) is 14.8. The van der Waals surface area contributed by atoms with Gasteiger partial charge in [-0.05, 0) is 54.7 Å². The summed E-state index contributed by atoms with van der Waals surface area (Å²) in [6.45, 7) is 1.86. The predicted molar refractivity (Wildman–Crippen MR) is 117 cm³/mol. The number of carbonyl (C=O) groups is 1. The van der Waals surface area contributed by atoms with Crippen LogP contribution in [0.15, 0.2) is 48.7 Å². The molecule has 1 aliphatic rings. The Morgan fingerprint density at radius 1 is 1.15 bits per heavy atom. The Bertz CT molecular complexity index is 937. The average molecular weight is 414 g/mol. The molecule has 0 unspecified atom stereocenters. The number of carbonyl (C=O) groups excluding carboxylic acids is 1. The lowest BCUT2D eigenvalue weighted by Gasteiger charge is -2.21. The van der Waals surface area contributed by atoms with Crippen LogP contribution in [0.4, 0.5) is 5.69 Å². The fraction of sp³-hybridized carbons (Fsp3) is 0.250. The molecular weight excluding hydrogens is 394 g/mol. The first-order valence-corrected chi connectivity index (χ1v) is 11.7. The quantitative estimate of drug-likeness (QED) is 0.600. The van der Waals surface area contributed by atoms with Gasteiger partial charge in [-0.15, -0.1) is 34.9 Å². The minimum Gasteiger partial charge on any atom is -0.321 e. The smallest absolute Gasteiger partial charge is 0.267 e. The Morgan fingerprint density at radius 3 is 2.78 bits per heavy atom. The van der Waals surface area contributed by atoms with Crippen LogP contribution in [0.1, 0.15) is 31.9 Å². The van der Waals surface area contributed by atoms with Crippen LogP contribution in [-0.4, -0.2) is 27.4 Å². The van der Waals surface area contributed by atoms with Gasteiger partial charge in [0.2, 0.25) is 0 Å². The maximum absolute atomic E-state index is 12.8. The predicted octanol–water partition coefficient (Wildman–Crippen LogP) is 5.63. The maximum Gasteiger partial charge on any atom is 0.267 e. The van der Waals surface area contributed by atoms with E-state index in [2.05, 4.69) is 27.4 Å². The summed E-state index contributed by atoms with van der Waals surface area (Å²) >= 11 is 5.34. The molecule has 1 aromatic carbocycles. The molecule has 0 aliphatic carbocycles. The van der Waals surface area contributed by atoms with Gasteiger partial charge in [-0.2, -0.15) is 0 Å². The second-order valence-corrected chi connectivity index (χ2v) is 9.88. The molecule has 1 aliphatic heterocycles. The molecule has 0 spiro atoms. The molecule has 4 nitrogen and oxygen atoms in total. The molecule has 3 heterocycles. The van der Waals surface area contributed by atoms with Gasteiger partial charge < -0.3 is 5.32 Å². The highest BCUT2D eigenvalue weighted by atomic mass is 32.2. The number of nitrogens with one attached hydrogen (secondary N) is 1. The molecule has 1 amide bonds. The summed E-state index contributed by atoms with van der Waals surface area (Å²) in [6.07, 6.45) is 3.00. The molecule has 1 fully saturated rings. The molecule has 7 heteroatoms. The van der Waals surface area contributed by atoms with E-state index in [1.165, 1.54) is 34.8 Å². The lowest BCUT2D eigenvalue weighted by Crippen LogP contribution is -2.12. The van der Waals surface area contributed by atoms with E-state index in [0.29, 0.717) is 9.46 Å². The normalized spacial score (nSPS) is 14.9. The van der Waals surface area contributed by atoms with Crippen molar-refractivity contribution in [3.8, 4) is 10.7 Å². The van der Waals surface area contributed by atoms with E-state index in [-0.39, 0.29) is 5.91 Å². The van der Waals surface area contributed by atoms with E-state index in [0.717, 1.165) is 22.1 Å². The van der Waals surface area contributed by atoms with Gasteiger partial charge in [-0.25, -0.2) is 4.98 Å². The molecule has 0 atom stereocenters. The van der Waals surface area contributed by atoms with Gasteiger partial charge in [-0.1, -0.05) is 18.2 Å². The first kappa shape index (κ1) is 18.5. The fourth-order valence-electron chi connectivity index (χ4n) is 2.84. The summed E-state index contributed by atoms with van der Waals surface area (Å²) in [6, 6.07) is 13.9. The molecule has 1 saturated heterocycles. The number of hydrogen-bond acceptors (Lipinski definition) is 6. The number of aryl methyl sites for hydroxylation is 1. The van der Waals surface area contributed by atoms with Crippen LogP contribution in [-0.2, 0) is 0 Å². The third-order valence-electron chi connectivity index (χ3n) is 4.13. The van der Waals surface area contributed by atoms with Crippen molar-refractivity contribution in [2.45, 2.75) is 17.9 Å². The molecule has 4 rings (SSSR count). The van der Waals surface area contributed by atoms with Gasteiger partial charge >= 0.3 is 0 Å². The first-order valence-electron chi connectivity index (χ1n) is 8.74. The van der Waals surface area contributed by atoms with E-state index < -0.39 is 0 Å². The van der Waals surface area contributed by atoms with Gasteiger partial charge in [0, 0.05) is 11.9 Å². The van der Waals surface area contributed by atoms with E-state index in [9.17, 15) is 4.79 Å². The van der Waals surface area contributed by atoms with Crippen LogP contribution in [0.5, 0.6) is 0 Å². The van der Waals surface area contributed by atoms with Crippen molar-refractivity contribution >= 4 is 46.5 Å². The van der Waals surface area contributed by atoms with Crippen molar-refractivity contribution in [1.82, 2.24) is 9.97 Å². The number of nitrogens with zero attached hydrogens (tertiary/aromatic N) is 2. The number of thioether (sulfide) groups is 2. The molecule has 3 aromatic rings. The number of rotatable bonds is 4. The molecular formula is C20H19N3OS3. The van der Waals surface area contributed by atoms with Gasteiger partial charge in [0.25, 0.3) is 5.91 Å².